The van der Waals surface area contributed by atoms with E-state index in [1.165, 1.54) is 23.5 Å². The van der Waals surface area contributed by atoms with E-state index in [1.807, 2.05) is 13.0 Å². The quantitative estimate of drug-likeness (QED) is 0.738. The first kappa shape index (κ1) is 17.2. The first-order chi connectivity index (χ1) is 12.5. The van der Waals surface area contributed by atoms with Gasteiger partial charge in [0.25, 0.3) is 5.91 Å². The van der Waals surface area contributed by atoms with Crippen LogP contribution >= 0.6 is 11.3 Å². The summed E-state index contributed by atoms with van der Waals surface area (Å²) < 4.78 is 14.9. The van der Waals surface area contributed by atoms with E-state index in [2.05, 4.69) is 10.4 Å². The van der Waals surface area contributed by atoms with Crippen molar-refractivity contribution < 1.29 is 14.3 Å². The lowest BCUT2D eigenvalue weighted by Gasteiger charge is -2.25. The monoisotopic (exact) mass is 373 g/mol. The van der Waals surface area contributed by atoms with Gasteiger partial charge in [-0.05, 0) is 62.9 Å². The van der Waals surface area contributed by atoms with E-state index in [0.717, 1.165) is 47.3 Å². The Morgan fingerprint density at radius 2 is 1.96 bits per heavy atom. The first-order valence-corrected chi connectivity index (χ1v) is 9.57. The standard InChI is InChI=1S/C19H20FN3O2S/c1-11-16-10-17(18(25)21-13-4-8-15(24)9-5-13)26-19(16)23(22-11)14-6-2-12(20)3-7-14/h2-3,6-7,10,13,15,24H,4-5,8-9H2,1H3,(H,21,25). The molecule has 26 heavy (non-hydrogen) atoms. The van der Waals surface area contributed by atoms with Crippen LogP contribution in [0.25, 0.3) is 15.9 Å². The highest BCUT2D eigenvalue weighted by Gasteiger charge is 2.23. The summed E-state index contributed by atoms with van der Waals surface area (Å²) in [5, 5.41) is 18.1. The minimum Gasteiger partial charge on any atom is -0.393 e. The Balaban J connectivity index is 1.60. The van der Waals surface area contributed by atoms with Gasteiger partial charge in [-0.25, -0.2) is 9.07 Å². The Morgan fingerprint density at radius 3 is 2.65 bits per heavy atom. The summed E-state index contributed by atoms with van der Waals surface area (Å²) in [5.41, 5.74) is 1.60. The highest BCUT2D eigenvalue weighted by Crippen LogP contribution is 2.31. The smallest absolute Gasteiger partial charge is 0.261 e. The van der Waals surface area contributed by atoms with Gasteiger partial charge < -0.3 is 10.4 Å². The fraction of sp³-hybridized carbons (Fsp3) is 0.368. The van der Waals surface area contributed by atoms with Crippen molar-refractivity contribution in [2.45, 2.75) is 44.8 Å². The molecule has 1 aliphatic carbocycles. The maximum atomic E-state index is 13.2. The van der Waals surface area contributed by atoms with Gasteiger partial charge in [0.1, 0.15) is 10.6 Å². The van der Waals surface area contributed by atoms with Crippen LogP contribution in [-0.2, 0) is 0 Å². The summed E-state index contributed by atoms with van der Waals surface area (Å²) >= 11 is 1.39. The number of aliphatic hydroxyl groups is 1. The number of rotatable bonds is 3. The van der Waals surface area contributed by atoms with Crippen LogP contribution in [0.3, 0.4) is 0 Å². The van der Waals surface area contributed by atoms with Gasteiger partial charge >= 0.3 is 0 Å². The number of amides is 1. The van der Waals surface area contributed by atoms with Crippen LogP contribution in [0, 0.1) is 12.7 Å². The molecule has 0 aliphatic heterocycles. The number of hydrogen-bond donors (Lipinski definition) is 2. The molecule has 3 aromatic rings. The Kier molecular flexibility index (Phi) is 4.50. The number of carbonyl (C=O) groups excluding carboxylic acids is 1. The number of aliphatic hydroxyl groups excluding tert-OH is 1. The van der Waals surface area contributed by atoms with Crippen LogP contribution in [0.5, 0.6) is 0 Å². The lowest BCUT2D eigenvalue weighted by atomic mass is 9.93. The van der Waals surface area contributed by atoms with Crippen LogP contribution in [0.2, 0.25) is 0 Å². The molecule has 1 saturated carbocycles. The number of nitrogens with one attached hydrogen (secondary N) is 1. The number of hydrogen-bond acceptors (Lipinski definition) is 4. The Labute approximate surface area is 154 Å². The van der Waals surface area contributed by atoms with E-state index in [9.17, 15) is 14.3 Å². The van der Waals surface area contributed by atoms with E-state index < -0.39 is 0 Å². The molecule has 4 rings (SSSR count). The van der Waals surface area contributed by atoms with E-state index in [-0.39, 0.29) is 23.9 Å². The van der Waals surface area contributed by atoms with Crippen molar-refractivity contribution in [2.24, 2.45) is 0 Å². The van der Waals surface area contributed by atoms with E-state index in [4.69, 9.17) is 0 Å². The van der Waals surface area contributed by atoms with Crippen molar-refractivity contribution in [1.29, 1.82) is 0 Å². The molecule has 0 spiro atoms. The van der Waals surface area contributed by atoms with E-state index in [0.29, 0.717) is 4.88 Å². The Hall–Kier alpha value is -2.25. The number of nitrogens with zero attached hydrogens (tertiary/aromatic N) is 2. The maximum absolute atomic E-state index is 13.2. The zero-order valence-electron chi connectivity index (χ0n) is 14.4. The van der Waals surface area contributed by atoms with Crippen LogP contribution < -0.4 is 5.32 Å². The van der Waals surface area contributed by atoms with Crippen molar-refractivity contribution >= 4 is 27.5 Å². The van der Waals surface area contributed by atoms with Gasteiger partial charge in [-0.1, -0.05) is 0 Å². The summed E-state index contributed by atoms with van der Waals surface area (Å²) in [4.78, 5) is 14.1. The highest BCUT2D eigenvalue weighted by molar-refractivity contribution is 7.20. The Morgan fingerprint density at radius 1 is 1.27 bits per heavy atom. The molecule has 1 aliphatic rings. The fourth-order valence-corrected chi connectivity index (χ4v) is 4.48. The molecular formula is C19H20FN3O2S. The van der Waals surface area contributed by atoms with Crippen molar-refractivity contribution in [3.8, 4) is 5.69 Å². The topological polar surface area (TPSA) is 67.2 Å². The molecule has 1 fully saturated rings. The molecule has 0 atom stereocenters. The molecule has 1 amide bonds. The molecule has 0 unspecified atom stereocenters. The predicted octanol–water partition coefficient (Wildman–Crippen LogP) is 3.57. The maximum Gasteiger partial charge on any atom is 0.261 e. The number of aromatic nitrogens is 2. The van der Waals surface area contributed by atoms with Crippen LogP contribution in [0.4, 0.5) is 4.39 Å². The Bertz CT molecular complexity index is 940. The fourth-order valence-electron chi connectivity index (χ4n) is 3.39. The largest absolute Gasteiger partial charge is 0.393 e. The van der Waals surface area contributed by atoms with Crippen molar-refractivity contribution in [1.82, 2.24) is 15.1 Å². The van der Waals surface area contributed by atoms with Gasteiger partial charge in [0, 0.05) is 11.4 Å². The summed E-state index contributed by atoms with van der Waals surface area (Å²) in [6.07, 6.45) is 2.84. The highest BCUT2D eigenvalue weighted by atomic mass is 32.1. The molecule has 2 N–H and O–H groups in total. The average Bonchev–Trinajstić information content (AvgIpc) is 3.19. The normalized spacial score (nSPS) is 20.4. The van der Waals surface area contributed by atoms with Gasteiger partial charge in [-0.15, -0.1) is 11.3 Å². The minimum absolute atomic E-state index is 0.0855. The summed E-state index contributed by atoms with van der Waals surface area (Å²) in [6, 6.07) is 8.14. The molecule has 2 heterocycles. The molecule has 1 aromatic carbocycles. The third-order valence-electron chi connectivity index (χ3n) is 4.87. The lowest BCUT2D eigenvalue weighted by molar-refractivity contribution is 0.0871. The number of thiophene rings is 1. The molecule has 5 nitrogen and oxygen atoms in total. The number of aryl methyl sites for hydroxylation is 1. The van der Waals surface area contributed by atoms with Crippen LogP contribution in [0.1, 0.15) is 41.0 Å². The minimum atomic E-state index is -0.294. The molecule has 7 heteroatoms. The van der Waals surface area contributed by atoms with Gasteiger partial charge in [0.05, 0.1) is 22.4 Å². The summed E-state index contributed by atoms with van der Waals surface area (Å²) in [5.74, 6) is -0.379. The third kappa shape index (κ3) is 3.24. The molecule has 136 valence electrons. The second kappa shape index (κ2) is 6.81. The first-order valence-electron chi connectivity index (χ1n) is 8.75. The average molecular weight is 373 g/mol. The summed E-state index contributed by atoms with van der Waals surface area (Å²) in [6.45, 7) is 1.90. The van der Waals surface area contributed by atoms with Gasteiger partial charge in [-0.2, -0.15) is 5.10 Å². The van der Waals surface area contributed by atoms with Gasteiger partial charge in [0.2, 0.25) is 0 Å². The number of carbonyl (C=O) groups is 1. The van der Waals surface area contributed by atoms with Crippen LogP contribution in [-0.4, -0.2) is 32.9 Å². The summed E-state index contributed by atoms with van der Waals surface area (Å²) in [7, 11) is 0. The lowest BCUT2D eigenvalue weighted by Crippen LogP contribution is -2.38. The van der Waals surface area contributed by atoms with Gasteiger partial charge in [0.15, 0.2) is 0 Å². The van der Waals surface area contributed by atoms with Gasteiger partial charge in [-0.3, -0.25) is 4.79 Å². The van der Waals surface area contributed by atoms with Crippen molar-refractivity contribution in [3.05, 3.63) is 46.7 Å². The van der Waals surface area contributed by atoms with E-state index >= 15 is 0 Å². The van der Waals surface area contributed by atoms with Crippen molar-refractivity contribution in [3.63, 3.8) is 0 Å². The zero-order valence-corrected chi connectivity index (χ0v) is 15.2. The predicted molar refractivity (Wildman–Crippen MR) is 99.4 cm³/mol. The second-order valence-electron chi connectivity index (χ2n) is 6.78. The third-order valence-corrected chi connectivity index (χ3v) is 5.98. The molecule has 0 saturated heterocycles. The van der Waals surface area contributed by atoms with Crippen molar-refractivity contribution in [2.75, 3.05) is 0 Å². The molecule has 0 radical (unpaired) electrons. The number of halogens is 1. The SMILES string of the molecule is Cc1nn(-c2ccc(F)cc2)c2sc(C(=O)NC3CCC(O)CC3)cc12. The molecule has 0 bridgehead atoms. The zero-order chi connectivity index (χ0) is 18.3. The van der Waals surface area contributed by atoms with Crippen LogP contribution in [0.15, 0.2) is 30.3 Å². The molecule has 2 aromatic heterocycles. The van der Waals surface area contributed by atoms with E-state index in [1.54, 1.807) is 16.8 Å². The number of fused-ring (bicyclic) bond motifs is 1. The molecular weight excluding hydrogens is 353 g/mol. The second-order valence-corrected chi connectivity index (χ2v) is 7.81. The number of benzene rings is 1.